The molecule has 1 aliphatic rings. The fraction of sp³-hybridized carbons (Fsp3) is 0.233. The monoisotopic (exact) mass is 561 g/mol. The highest BCUT2D eigenvalue weighted by Gasteiger charge is 2.35. The van der Waals surface area contributed by atoms with Crippen LogP contribution in [0.15, 0.2) is 76.6 Å². The van der Waals surface area contributed by atoms with Crippen LogP contribution in [0.1, 0.15) is 31.9 Å². The number of hydrogen-bond acceptors (Lipinski definition) is 8. The number of ether oxygens (including phenoxy) is 3. The summed E-state index contributed by atoms with van der Waals surface area (Å²) in [6, 6.07) is 19.9. The van der Waals surface area contributed by atoms with Crippen molar-refractivity contribution in [3.05, 3.63) is 82.8 Å². The SMILES string of the molecule is COc1cc(/C=C2\SC(=Nc3ccccc3)N(c3ccc(CNC(=O)OC(C)(C)C)cc3)C2=O)cc(OC)c1O. The maximum Gasteiger partial charge on any atom is 0.407 e. The summed E-state index contributed by atoms with van der Waals surface area (Å²) < 4.78 is 15.8. The topological polar surface area (TPSA) is 110 Å². The number of phenols is 1. The summed E-state index contributed by atoms with van der Waals surface area (Å²) in [6.07, 6.45) is 1.20. The summed E-state index contributed by atoms with van der Waals surface area (Å²) in [4.78, 5) is 32.4. The Morgan fingerprint density at radius 3 is 2.23 bits per heavy atom. The number of thioether (sulfide) groups is 1. The van der Waals surface area contributed by atoms with Gasteiger partial charge in [-0.1, -0.05) is 30.3 Å². The molecule has 0 atom stereocenters. The first-order valence-corrected chi connectivity index (χ1v) is 13.3. The van der Waals surface area contributed by atoms with Crippen LogP contribution in [0, 0.1) is 0 Å². The number of rotatable bonds is 7. The van der Waals surface area contributed by atoms with E-state index in [1.54, 1.807) is 56.0 Å². The van der Waals surface area contributed by atoms with Crippen LogP contribution in [-0.4, -0.2) is 42.1 Å². The zero-order valence-corrected chi connectivity index (χ0v) is 23.7. The number of alkyl carbamates (subject to hydrolysis) is 1. The molecule has 0 bridgehead atoms. The van der Waals surface area contributed by atoms with Gasteiger partial charge in [-0.3, -0.25) is 9.69 Å². The van der Waals surface area contributed by atoms with Crippen LogP contribution in [-0.2, 0) is 16.1 Å². The molecule has 1 fully saturated rings. The number of aromatic hydroxyl groups is 1. The predicted octanol–water partition coefficient (Wildman–Crippen LogP) is 6.24. The van der Waals surface area contributed by atoms with Gasteiger partial charge >= 0.3 is 6.09 Å². The van der Waals surface area contributed by atoms with Crippen molar-refractivity contribution < 1.29 is 28.9 Å². The fourth-order valence-corrected chi connectivity index (χ4v) is 4.79. The van der Waals surface area contributed by atoms with Crippen molar-refractivity contribution in [3.63, 3.8) is 0 Å². The van der Waals surface area contributed by atoms with Gasteiger partial charge in [-0.2, -0.15) is 0 Å². The van der Waals surface area contributed by atoms with Gasteiger partial charge in [-0.05, 0) is 86.1 Å². The molecule has 10 heteroatoms. The average molecular weight is 562 g/mol. The normalized spacial score (nSPS) is 15.4. The molecule has 2 N–H and O–H groups in total. The van der Waals surface area contributed by atoms with Crippen molar-refractivity contribution >= 4 is 46.4 Å². The van der Waals surface area contributed by atoms with Gasteiger partial charge in [0.25, 0.3) is 5.91 Å². The summed E-state index contributed by atoms with van der Waals surface area (Å²) in [7, 11) is 2.89. The number of nitrogens with zero attached hydrogens (tertiary/aromatic N) is 2. The molecule has 0 saturated carbocycles. The van der Waals surface area contributed by atoms with E-state index < -0.39 is 11.7 Å². The molecule has 3 aromatic rings. The lowest BCUT2D eigenvalue weighted by atomic mass is 10.1. The Bertz CT molecular complexity index is 1420. The summed E-state index contributed by atoms with van der Waals surface area (Å²) >= 11 is 1.24. The Morgan fingerprint density at radius 1 is 1.02 bits per heavy atom. The van der Waals surface area contributed by atoms with E-state index in [2.05, 4.69) is 5.32 Å². The average Bonchev–Trinajstić information content (AvgIpc) is 3.22. The van der Waals surface area contributed by atoms with Gasteiger partial charge in [0, 0.05) is 6.54 Å². The van der Waals surface area contributed by atoms with Gasteiger partial charge in [0.2, 0.25) is 5.75 Å². The number of aliphatic imine (C=N–C) groups is 1. The number of carbonyl (C=O) groups excluding carboxylic acids is 2. The van der Waals surface area contributed by atoms with Crippen LogP contribution in [0.2, 0.25) is 0 Å². The minimum Gasteiger partial charge on any atom is -0.502 e. The third-order valence-electron chi connectivity index (χ3n) is 5.62. The van der Waals surface area contributed by atoms with Crippen molar-refractivity contribution in [1.29, 1.82) is 0 Å². The van der Waals surface area contributed by atoms with Gasteiger partial charge in [-0.15, -0.1) is 0 Å². The Labute approximate surface area is 237 Å². The van der Waals surface area contributed by atoms with E-state index in [1.807, 2.05) is 42.5 Å². The molecule has 0 aromatic heterocycles. The van der Waals surface area contributed by atoms with Gasteiger partial charge in [0.05, 0.1) is 30.5 Å². The molecular formula is C30H31N3O6S. The van der Waals surface area contributed by atoms with Crippen molar-refractivity contribution in [3.8, 4) is 17.2 Å². The maximum atomic E-state index is 13.7. The first-order chi connectivity index (χ1) is 19.1. The fourth-order valence-electron chi connectivity index (χ4n) is 3.79. The standard InChI is InChI=1S/C30H31N3O6S/c1-30(2,3)39-29(36)31-18-19-11-13-22(14-12-19)33-27(35)25(40-28(33)32-21-9-7-6-8-10-21)17-20-15-23(37-4)26(34)24(16-20)38-5/h6-17,34H,18H2,1-5H3,(H,31,36)/b25-17-,32-28?. The van der Waals surface area contributed by atoms with Crippen molar-refractivity contribution in [2.24, 2.45) is 4.99 Å². The molecular weight excluding hydrogens is 530 g/mol. The van der Waals surface area contributed by atoms with Crippen LogP contribution in [0.25, 0.3) is 6.08 Å². The second kappa shape index (κ2) is 12.2. The van der Waals surface area contributed by atoms with Crippen LogP contribution < -0.4 is 19.7 Å². The molecule has 40 heavy (non-hydrogen) atoms. The number of benzene rings is 3. The second-order valence-corrected chi connectivity index (χ2v) is 10.8. The van der Waals surface area contributed by atoms with Gasteiger partial charge in [-0.25, -0.2) is 9.79 Å². The Kier molecular flexibility index (Phi) is 8.69. The lowest BCUT2D eigenvalue weighted by Gasteiger charge is -2.20. The third-order valence-corrected chi connectivity index (χ3v) is 6.59. The van der Waals surface area contributed by atoms with Crippen molar-refractivity contribution in [2.45, 2.75) is 32.9 Å². The van der Waals surface area contributed by atoms with E-state index in [0.717, 1.165) is 5.56 Å². The largest absolute Gasteiger partial charge is 0.502 e. The summed E-state index contributed by atoms with van der Waals surface area (Å²) in [6.45, 7) is 5.69. The van der Waals surface area contributed by atoms with Crippen LogP contribution in [0.5, 0.6) is 17.2 Å². The number of nitrogens with one attached hydrogen (secondary N) is 1. The molecule has 1 saturated heterocycles. The number of para-hydroxylation sites is 1. The number of phenolic OH excluding ortho intramolecular Hbond substituents is 1. The van der Waals surface area contributed by atoms with Crippen LogP contribution in [0.3, 0.4) is 0 Å². The first kappa shape index (κ1) is 28.6. The van der Waals surface area contributed by atoms with E-state index in [4.69, 9.17) is 19.2 Å². The van der Waals surface area contributed by atoms with E-state index in [-0.39, 0.29) is 29.7 Å². The molecule has 0 spiro atoms. The summed E-state index contributed by atoms with van der Waals surface area (Å²) in [5.74, 6) is 0.0802. The highest BCUT2D eigenvalue weighted by atomic mass is 32.2. The molecule has 0 radical (unpaired) electrons. The smallest absolute Gasteiger partial charge is 0.407 e. The minimum absolute atomic E-state index is 0.119. The van der Waals surface area contributed by atoms with E-state index >= 15 is 0 Å². The molecule has 2 amide bonds. The van der Waals surface area contributed by atoms with Gasteiger partial charge < -0.3 is 24.6 Å². The summed E-state index contributed by atoms with van der Waals surface area (Å²) in [5.41, 5.74) is 2.20. The van der Waals surface area contributed by atoms with E-state index in [1.165, 1.54) is 26.0 Å². The van der Waals surface area contributed by atoms with Gasteiger partial charge in [0.15, 0.2) is 16.7 Å². The molecule has 4 rings (SSSR count). The van der Waals surface area contributed by atoms with Crippen molar-refractivity contribution in [2.75, 3.05) is 19.1 Å². The zero-order chi connectivity index (χ0) is 28.9. The number of amidine groups is 1. The number of methoxy groups -OCH3 is 2. The van der Waals surface area contributed by atoms with Crippen LogP contribution >= 0.6 is 11.8 Å². The summed E-state index contributed by atoms with van der Waals surface area (Å²) in [5, 5.41) is 13.5. The first-order valence-electron chi connectivity index (χ1n) is 12.5. The molecule has 9 nitrogen and oxygen atoms in total. The lowest BCUT2D eigenvalue weighted by Crippen LogP contribution is -2.32. The Hall–Kier alpha value is -4.44. The Morgan fingerprint density at radius 2 is 1.65 bits per heavy atom. The highest BCUT2D eigenvalue weighted by molar-refractivity contribution is 8.19. The maximum absolute atomic E-state index is 13.7. The molecule has 3 aromatic carbocycles. The highest BCUT2D eigenvalue weighted by Crippen LogP contribution is 2.41. The van der Waals surface area contributed by atoms with Gasteiger partial charge in [0.1, 0.15) is 5.60 Å². The third kappa shape index (κ3) is 6.95. The number of amides is 2. The second-order valence-electron chi connectivity index (χ2n) is 9.78. The number of anilines is 1. The molecule has 0 unspecified atom stereocenters. The Balaban J connectivity index is 1.64. The predicted molar refractivity (Wildman–Crippen MR) is 157 cm³/mol. The van der Waals surface area contributed by atoms with E-state index in [0.29, 0.717) is 27.0 Å². The molecule has 208 valence electrons. The quantitative estimate of drug-likeness (QED) is 0.329. The number of carbonyl (C=O) groups is 2. The zero-order valence-electron chi connectivity index (χ0n) is 22.9. The van der Waals surface area contributed by atoms with Crippen LogP contribution in [0.4, 0.5) is 16.2 Å². The van der Waals surface area contributed by atoms with Crippen molar-refractivity contribution in [1.82, 2.24) is 5.32 Å². The molecule has 1 heterocycles. The molecule has 1 aliphatic heterocycles. The van der Waals surface area contributed by atoms with E-state index in [9.17, 15) is 14.7 Å². The lowest BCUT2D eigenvalue weighted by molar-refractivity contribution is -0.113. The number of hydrogen-bond donors (Lipinski definition) is 2. The minimum atomic E-state index is -0.585. The molecule has 0 aliphatic carbocycles.